The Hall–Kier alpha value is -3.22. The first-order valence-corrected chi connectivity index (χ1v) is 7.07. The lowest BCUT2D eigenvalue weighted by atomic mass is 10.1. The lowest BCUT2D eigenvalue weighted by Crippen LogP contribution is -2.20. The zero-order chi connectivity index (χ0) is 16.2. The van der Waals surface area contributed by atoms with E-state index in [1.54, 1.807) is 29.4 Å². The Labute approximate surface area is 133 Å². The van der Waals surface area contributed by atoms with Gasteiger partial charge in [0.15, 0.2) is 0 Å². The van der Waals surface area contributed by atoms with Gasteiger partial charge in [0, 0.05) is 24.1 Å². The van der Waals surface area contributed by atoms with Crippen LogP contribution in [0.15, 0.2) is 49.3 Å². The van der Waals surface area contributed by atoms with E-state index in [0.717, 1.165) is 16.8 Å². The number of benzene rings is 1. The largest absolute Gasteiger partial charge is 0.324 e. The topological polar surface area (TPSA) is 84.7 Å². The van der Waals surface area contributed by atoms with Crippen molar-refractivity contribution in [3.8, 4) is 5.82 Å². The van der Waals surface area contributed by atoms with E-state index in [1.807, 2.05) is 32.0 Å². The highest BCUT2D eigenvalue weighted by atomic mass is 16.2. The average molecular weight is 308 g/mol. The van der Waals surface area contributed by atoms with E-state index in [4.69, 9.17) is 0 Å². The second kappa shape index (κ2) is 6.27. The highest BCUT2D eigenvalue weighted by molar-refractivity contribution is 5.99. The number of amides is 2. The summed E-state index contributed by atoms with van der Waals surface area (Å²) in [6, 6.07) is 7.15. The first-order valence-electron chi connectivity index (χ1n) is 7.07. The number of aromatic nitrogens is 4. The molecule has 0 saturated heterocycles. The van der Waals surface area contributed by atoms with Gasteiger partial charge in [0.05, 0.1) is 0 Å². The Morgan fingerprint density at radius 3 is 2.74 bits per heavy atom. The molecule has 2 heterocycles. The molecule has 7 nitrogen and oxygen atoms in total. The molecule has 0 saturated carbocycles. The number of hydrogen-bond acceptors (Lipinski definition) is 4. The van der Waals surface area contributed by atoms with E-state index in [-0.39, 0.29) is 6.03 Å². The maximum Gasteiger partial charge on any atom is 0.324 e. The predicted octanol–water partition coefficient (Wildman–Crippen LogP) is 2.92. The Morgan fingerprint density at radius 2 is 2.00 bits per heavy atom. The van der Waals surface area contributed by atoms with E-state index in [9.17, 15) is 4.79 Å². The normalized spacial score (nSPS) is 10.3. The summed E-state index contributed by atoms with van der Waals surface area (Å²) in [6.07, 6.45) is 6.44. The number of aryl methyl sites for hydroxylation is 2. The molecule has 23 heavy (non-hydrogen) atoms. The highest BCUT2D eigenvalue weighted by Gasteiger charge is 2.07. The van der Waals surface area contributed by atoms with Gasteiger partial charge in [0.25, 0.3) is 0 Å². The summed E-state index contributed by atoms with van der Waals surface area (Å²) in [5.41, 5.74) is 2.91. The molecule has 2 N–H and O–H groups in total. The molecule has 7 heteroatoms. The fourth-order valence-corrected chi connectivity index (χ4v) is 2.17. The fraction of sp³-hybridized carbons (Fsp3) is 0.125. The summed E-state index contributed by atoms with van der Waals surface area (Å²) >= 11 is 0. The minimum Gasteiger partial charge on any atom is -0.307 e. The third kappa shape index (κ3) is 3.52. The number of imidazole rings is 1. The summed E-state index contributed by atoms with van der Waals surface area (Å²) in [6.45, 7) is 3.96. The molecule has 0 radical (unpaired) electrons. The van der Waals surface area contributed by atoms with Crippen LogP contribution in [0.5, 0.6) is 0 Å². The van der Waals surface area contributed by atoms with Crippen LogP contribution < -0.4 is 10.6 Å². The molecule has 0 fully saturated rings. The van der Waals surface area contributed by atoms with Gasteiger partial charge in [-0.2, -0.15) is 0 Å². The minimum atomic E-state index is -0.354. The molecule has 0 unspecified atom stereocenters. The number of urea groups is 1. The maximum absolute atomic E-state index is 12.1. The maximum atomic E-state index is 12.1. The van der Waals surface area contributed by atoms with Gasteiger partial charge in [0.2, 0.25) is 0 Å². The number of anilines is 2. The third-order valence-electron chi connectivity index (χ3n) is 3.29. The van der Waals surface area contributed by atoms with Crippen LogP contribution in [0.25, 0.3) is 5.82 Å². The Balaban J connectivity index is 1.72. The Morgan fingerprint density at radius 1 is 1.13 bits per heavy atom. The molecule has 0 aliphatic rings. The summed E-state index contributed by atoms with van der Waals surface area (Å²) < 4.78 is 1.73. The van der Waals surface area contributed by atoms with E-state index in [2.05, 4.69) is 25.6 Å². The van der Waals surface area contributed by atoms with Crippen LogP contribution in [-0.4, -0.2) is 25.6 Å². The van der Waals surface area contributed by atoms with Crippen LogP contribution in [0.3, 0.4) is 0 Å². The molecule has 116 valence electrons. The zero-order valence-corrected chi connectivity index (χ0v) is 12.8. The van der Waals surface area contributed by atoms with Gasteiger partial charge in [-0.3, -0.25) is 9.88 Å². The van der Waals surface area contributed by atoms with Crippen molar-refractivity contribution in [2.24, 2.45) is 0 Å². The van der Waals surface area contributed by atoms with Crippen LogP contribution in [0.4, 0.5) is 16.3 Å². The van der Waals surface area contributed by atoms with Gasteiger partial charge < -0.3 is 5.32 Å². The van der Waals surface area contributed by atoms with Crippen molar-refractivity contribution >= 4 is 17.5 Å². The Kier molecular flexibility index (Phi) is 4.01. The molecule has 0 atom stereocenters. The standard InChI is InChI=1S/C16H16N6O/c1-11-3-4-13(12(2)7-11)20-16(23)21-14-8-15(19-9-18-14)22-6-5-17-10-22/h3-10H,1-2H3,(H2,18,19,20,21,23). The van der Waals surface area contributed by atoms with Crippen molar-refractivity contribution in [2.45, 2.75) is 13.8 Å². The van der Waals surface area contributed by atoms with Crippen LogP contribution >= 0.6 is 0 Å². The second-order valence-electron chi connectivity index (χ2n) is 5.13. The van der Waals surface area contributed by atoms with Crippen molar-refractivity contribution in [1.82, 2.24) is 19.5 Å². The second-order valence-corrected chi connectivity index (χ2v) is 5.13. The fourth-order valence-electron chi connectivity index (χ4n) is 2.17. The van der Waals surface area contributed by atoms with Gasteiger partial charge in [-0.25, -0.2) is 19.7 Å². The SMILES string of the molecule is Cc1ccc(NC(=O)Nc2cc(-n3ccnc3)ncn2)c(C)c1. The summed E-state index contributed by atoms with van der Waals surface area (Å²) in [7, 11) is 0. The smallest absolute Gasteiger partial charge is 0.307 e. The molecule has 0 aliphatic heterocycles. The summed E-state index contributed by atoms with van der Waals surface area (Å²) in [5, 5.41) is 5.51. The predicted molar refractivity (Wildman–Crippen MR) is 87.7 cm³/mol. The highest BCUT2D eigenvalue weighted by Crippen LogP contribution is 2.16. The molecule has 3 rings (SSSR count). The lowest BCUT2D eigenvalue weighted by Gasteiger charge is -2.10. The number of nitrogens with zero attached hydrogens (tertiary/aromatic N) is 4. The Bertz CT molecular complexity index is 828. The average Bonchev–Trinajstić information content (AvgIpc) is 3.05. The number of carbonyl (C=O) groups excluding carboxylic acids is 1. The minimum absolute atomic E-state index is 0.354. The number of hydrogen-bond donors (Lipinski definition) is 2. The van der Waals surface area contributed by atoms with Crippen molar-refractivity contribution in [3.05, 3.63) is 60.4 Å². The molecule has 1 aromatic carbocycles. The zero-order valence-electron chi connectivity index (χ0n) is 12.8. The van der Waals surface area contributed by atoms with E-state index in [0.29, 0.717) is 11.6 Å². The van der Waals surface area contributed by atoms with Crippen LogP contribution in [0, 0.1) is 13.8 Å². The van der Waals surface area contributed by atoms with Gasteiger partial charge in [-0.15, -0.1) is 0 Å². The quantitative estimate of drug-likeness (QED) is 0.779. The lowest BCUT2D eigenvalue weighted by molar-refractivity contribution is 0.262. The first-order chi connectivity index (χ1) is 11.1. The third-order valence-corrected chi connectivity index (χ3v) is 3.29. The monoisotopic (exact) mass is 308 g/mol. The van der Waals surface area contributed by atoms with E-state index in [1.165, 1.54) is 6.33 Å². The molecule has 3 aromatic rings. The van der Waals surface area contributed by atoms with Gasteiger partial charge in [-0.05, 0) is 25.5 Å². The molecule has 2 amide bonds. The summed E-state index contributed by atoms with van der Waals surface area (Å²) in [5.74, 6) is 1.03. The molecular formula is C16H16N6O. The molecule has 2 aromatic heterocycles. The van der Waals surface area contributed by atoms with Crippen LogP contribution in [0.1, 0.15) is 11.1 Å². The molecule has 0 bridgehead atoms. The first kappa shape index (κ1) is 14.7. The van der Waals surface area contributed by atoms with Crippen molar-refractivity contribution in [2.75, 3.05) is 10.6 Å². The van der Waals surface area contributed by atoms with Crippen molar-refractivity contribution in [1.29, 1.82) is 0 Å². The van der Waals surface area contributed by atoms with E-state index >= 15 is 0 Å². The molecule has 0 aliphatic carbocycles. The number of carbonyl (C=O) groups is 1. The van der Waals surface area contributed by atoms with Crippen molar-refractivity contribution < 1.29 is 4.79 Å². The van der Waals surface area contributed by atoms with Gasteiger partial charge in [0.1, 0.15) is 24.3 Å². The van der Waals surface area contributed by atoms with E-state index < -0.39 is 0 Å². The van der Waals surface area contributed by atoms with Crippen LogP contribution in [-0.2, 0) is 0 Å². The van der Waals surface area contributed by atoms with Gasteiger partial charge in [-0.1, -0.05) is 17.7 Å². The molecule has 0 spiro atoms. The number of nitrogens with one attached hydrogen (secondary N) is 2. The van der Waals surface area contributed by atoms with Gasteiger partial charge >= 0.3 is 6.03 Å². The van der Waals surface area contributed by atoms with Crippen LogP contribution in [0.2, 0.25) is 0 Å². The summed E-state index contributed by atoms with van der Waals surface area (Å²) in [4.78, 5) is 24.3. The number of rotatable bonds is 3. The van der Waals surface area contributed by atoms with Crippen molar-refractivity contribution in [3.63, 3.8) is 0 Å². The molecular weight excluding hydrogens is 292 g/mol.